The van der Waals surface area contributed by atoms with Crippen LogP contribution in [0.1, 0.15) is 30.1 Å². The van der Waals surface area contributed by atoms with E-state index in [4.69, 9.17) is 4.74 Å². The zero-order chi connectivity index (χ0) is 13.1. The van der Waals surface area contributed by atoms with Gasteiger partial charge in [-0.15, -0.1) is 0 Å². The molecule has 0 unspecified atom stereocenters. The number of carbonyl (C=O) groups is 2. The van der Waals surface area contributed by atoms with Crippen LogP contribution in [0.2, 0.25) is 0 Å². The molecule has 0 heterocycles. The number of carbonyl (C=O) groups excluding carboxylic acids is 2. The minimum atomic E-state index is -0.144. The molecule has 1 fully saturated rings. The average Bonchev–Trinajstić information content (AvgIpc) is 3.11. The first-order chi connectivity index (χ1) is 8.56. The van der Waals surface area contributed by atoms with Gasteiger partial charge >= 0.3 is 0 Å². The molecule has 1 aromatic carbocycles. The Bertz CT molecular complexity index is 483. The molecular formula is C13H14BrNO3. The Labute approximate surface area is 114 Å². The summed E-state index contributed by atoms with van der Waals surface area (Å²) in [5, 5.41) is 2.83. The Morgan fingerprint density at radius 1 is 1.44 bits per heavy atom. The number of ether oxygens (including phenoxy) is 1. The van der Waals surface area contributed by atoms with Gasteiger partial charge in [0.1, 0.15) is 5.75 Å². The minimum absolute atomic E-state index is 0.0571. The van der Waals surface area contributed by atoms with Crippen LogP contribution in [0.5, 0.6) is 5.75 Å². The number of nitrogens with one attached hydrogen (secondary N) is 1. The molecule has 1 N–H and O–H groups in total. The first kappa shape index (κ1) is 13.1. The molecule has 0 aliphatic heterocycles. The predicted octanol–water partition coefficient (Wildman–Crippen LogP) is 2.31. The van der Waals surface area contributed by atoms with E-state index in [1.54, 1.807) is 18.2 Å². The van der Waals surface area contributed by atoms with E-state index in [0.29, 0.717) is 17.4 Å². The van der Waals surface area contributed by atoms with Crippen molar-refractivity contribution in [3.05, 3.63) is 28.2 Å². The number of halogens is 1. The van der Waals surface area contributed by atoms with E-state index in [1.165, 1.54) is 6.92 Å². The van der Waals surface area contributed by atoms with Crippen molar-refractivity contribution in [3.8, 4) is 5.75 Å². The van der Waals surface area contributed by atoms with Crippen LogP contribution in [0.15, 0.2) is 22.7 Å². The van der Waals surface area contributed by atoms with Gasteiger partial charge in [-0.1, -0.05) is 15.9 Å². The van der Waals surface area contributed by atoms with E-state index in [1.807, 2.05) is 0 Å². The second-order valence-corrected chi connectivity index (χ2v) is 5.24. The van der Waals surface area contributed by atoms with Crippen molar-refractivity contribution in [2.75, 3.05) is 6.61 Å². The van der Waals surface area contributed by atoms with Gasteiger partial charge in [-0.2, -0.15) is 0 Å². The van der Waals surface area contributed by atoms with Crippen LogP contribution in [0, 0.1) is 0 Å². The highest BCUT2D eigenvalue weighted by atomic mass is 79.9. The molecule has 1 amide bonds. The normalized spacial score (nSPS) is 14.1. The van der Waals surface area contributed by atoms with Crippen LogP contribution in [-0.4, -0.2) is 24.3 Å². The molecular weight excluding hydrogens is 298 g/mol. The monoisotopic (exact) mass is 311 g/mol. The topological polar surface area (TPSA) is 55.4 Å². The van der Waals surface area contributed by atoms with Gasteiger partial charge in [-0.25, -0.2) is 0 Å². The highest BCUT2D eigenvalue weighted by molar-refractivity contribution is 9.10. The van der Waals surface area contributed by atoms with Crippen molar-refractivity contribution in [1.29, 1.82) is 0 Å². The number of hydrogen-bond donors (Lipinski definition) is 1. The van der Waals surface area contributed by atoms with Crippen molar-refractivity contribution in [2.24, 2.45) is 0 Å². The summed E-state index contributed by atoms with van der Waals surface area (Å²) in [6.45, 7) is 1.41. The Kier molecular flexibility index (Phi) is 4.01. The Morgan fingerprint density at radius 2 is 2.17 bits per heavy atom. The molecule has 1 aliphatic carbocycles. The van der Waals surface area contributed by atoms with E-state index >= 15 is 0 Å². The number of rotatable bonds is 5. The molecule has 1 aliphatic rings. The third kappa shape index (κ3) is 3.57. The zero-order valence-electron chi connectivity index (χ0n) is 10.0. The lowest BCUT2D eigenvalue weighted by molar-refractivity contribution is -0.123. The number of Topliss-reactive ketones (excluding diaryl/α,β-unsaturated/α-hetero) is 1. The maximum atomic E-state index is 11.5. The fourth-order valence-electron chi connectivity index (χ4n) is 1.54. The maximum absolute atomic E-state index is 11.5. The summed E-state index contributed by atoms with van der Waals surface area (Å²) in [5.74, 6) is 0.209. The molecule has 0 spiro atoms. The standard InChI is InChI=1S/C13H14BrNO3/c1-8(16)11-6-9(14)2-5-12(11)18-7-13(17)15-10-3-4-10/h2,5-6,10H,3-4,7H2,1H3,(H,15,17). The summed E-state index contributed by atoms with van der Waals surface area (Å²) < 4.78 is 6.20. The lowest BCUT2D eigenvalue weighted by atomic mass is 10.1. The molecule has 18 heavy (non-hydrogen) atoms. The van der Waals surface area contributed by atoms with Gasteiger partial charge in [0, 0.05) is 10.5 Å². The van der Waals surface area contributed by atoms with Crippen LogP contribution in [0.3, 0.4) is 0 Å². The smallest absolute Gasteiger partial charge is 0.258 e. The molecule has 0 saturated heterocycles. The van der Waals surface area contributed by atoms with E-state index in [9.17, 15) is 9.59 Å². The van der Waals surface area contributed by atoms with E-state index in [-0.39, 0.29) is 18.3 Å². The largest absolute Gasteiger partial charge is 0.483 e. The van der Waals surface area contributed by atoms with Gasteiger partial charge < -0.3 is 10.1 Å². The second-order valence-electron chi connectivity index (χ2n) is 4.33. The van der Waals surface area contributed by atoms with E-state index < -0.39 is 0 Å². The van der Waals surface area contributed by atoms with Crippen LogP contribution in [-0.2, 0) is 4.79 Å². The number of hydrogen-bond acceptors (Lipinski definition) is 3. The van der Waals surface area contributed by atoms with Gasteiger partial charge in [0.25, 0.3) is 5.91 Å². The summed E-state index contributed by atoms with van der Waals surface area (Å²) >= 11 is 3.30. The van der Waals surface area contributed by atoms with Gasteiger partial charge in [0.15, 0.2) is 12.4 Å². The molecule has 5 heteroatoms. The third-order valence-corrected chi connectivity index (χ3v) is 3.12. The molecule has 0 radical (unpaired) electrons. The number of ketones is 1. The first-order valence-corrected chi connectivity index (χ1v) is 6.58. The summed E-state index contributed by atoms with van der Waals surface area (Å²) in [5.41, 5.74) is 0.476. The Hall–Kier alpha value is -1.36. The Balaban J connectivity index is 1.99. The van der Waals surface area contributed by atoms with Gasteiger partial charge in [-0.3, -0.25) is 9.59 Å². The molecule has 4 nitrogen and oxygen atoms in total. The van der Waals surface area contributed by atoms with E-state index in [2.05, 4.69) is 21.2 Å². The van der Waals surface area contributed by atoms with Crippen LogP contribution >= 0.6 is 15.9 Å². The van der Waals surface area contributed by atoms with Crippen LogP contribution < -0.4 is 10.1 Å². The van der Waals surface area contributed by atoms with Crippen molar-refractivity contribution < 1.29 is 14.3 Å². The van der Waals surface area contributed by atoms with Crippen molar-refractivity contribution in [1.82, 2.24) is 5.32 Å². The van der Waals surface area contributed by atoms with Crippen molar-refractivity contribution in [3.63, 3.8) is 0 Å². The quantitative estimate of drug-likeness (QED) is 0.849. The third-order valence-electron chi connectivity index (χ3n) is 2.62. The highest BCUT2D eigenvalue weighted by Crippen LogP contribution is 2.24. The lowest BCUT2D eigenvalue weighted by Crippen LogP contribution is -2.30. The van der Waals surface area contributed by atoms with Crippen molar-refractivity contribution in [2.45, 2.75) is 25.8 Å². The summed E-state index contributed by atoms with van der Waals surface area (Å²) in [7, 11) is 0. The predicted molar refractivity (Wildman–Crippen MR) is 70.8 cm³/mol. The number of amides is 1. The second kappa shape index (κ2) is 5.52. The summed E-state index contributed by atoms with van der Waals surface area (Å²) in [6, 6.07) is 5.47. The molecule has 0 atom stereocenters. The summed E-state index contributed by atoms with van der Waals surface area (Å²) in [4.78, 5) is 22.9. The van der Waals surface area contributed by atoms with Crippen LogP contribution in [0.25, 0.3) is 0 Å². The Morgan fingerprint density at radius 3 is 2.78 bits per heavy atom. The summed E-state index contributed by atoms with van der Waals surface area (Å²) in [6.07, 6.45) is 2.09. The molecule has 0 aromatic heterocycles. The van der Waals surface area contributed by atoms with E-state index in [0.717, 1.165) is 17.3 Å². The minimum Gasteiger partial charge on any atom is -0.483 e. The van der Waals surface area contributed by atoms with Crippen molar-refractivity contribution >= 4 is 27.6 Å². The van der Waals surface area contributed by atoms with Crippen LogP contribution in [0.4, 0.5) is 0 Å². The van der Waals surface area contributed by atoms with Gasteiger partial charge in [-0.05, 0) is 38.0 Å². The molecule has 0 bridgehead atoms. The van der Waals surface area contributed by atoms with Gasteiger partial charge in [0.2, 0.25) is 0 Å². The molecule has 96 valence electrons. The fraction of sp³-hybridized carbons (Fsp3) is 0.385. The maximum Gasteiger partial charge on any atom is 0.258 e. The molecule has 1 saturated carbocycles. The van der Waals surface area contributed by atoms with Gasteiger partial charge in [0.05, 0.1) is 5.56 Å². The lowest BCUT2D eigenvalue weighted by Gasteiger charge is -2.10. The molecule has 1 aromatic rings. The fourth-order valence-corrected chi connectivity index (χ4v) is 1.90. The highest BCUT2D eigenvalue weighted by Gasteiger charge is 2.23. The molecule has 2 rings (SSSR count). The number of benzene rings is 1. The first-order valence-electron chi connectivity index (χ1n) is 5.79. The average molecular weight is 312 g/mol. The zero-order valence-corrected chi connectivity index (χ0v) is 11.6. The SMILES string of the molecule is CC(=O)c1cc(Br)ccc1OCC(=O)NC1CC1.